The van der Waals surface area contributed by atoms with Crippen LogP contribution in [0.1, 0.15) is 23.7 Å². The number of amides is 1. The van der Waals surface area contributed by atoms with E-state index < -0.39 is 12.0 Å². The van der Waals surface area contributed by atoms with Crippen LogP contribution in [0.4, 0.5) is 0 Å². The Kier molecular flexibility index (Phi) is 3.18. The highest BCUT2D eigenvalue weighted by atomic mass is 16.4. The molecule has 1 aliphatic heterocycles. The highest BCUT2D eigenvalue weighted by molar-refractivity contribution is 5.96. The molecule has 2 atom stereocenters. The molecule has 0 saturated carbocycles. The summed E-state index contributed by atoms with van der Waals surface area (Å²) in [6.07, 6.45) is 1.98. The van der Waals surface area contributed by atoms with Crippen molar-refractivity contribution in [2.45, 2.75) is 19.4 Å². The van der Waals surface area contributed by atoms with E-state index in [1.165, 1.54) is 23.2 Å². The second-order valence-electron chi connectivity index (χ2n) is 4.49. The lowest BCUT2D eigenvalue weighted by molar-refractivity contribution is -0.142. The van der Waals surface area contributed by atoms with Gasteiger partial charge in [0.2, 0.25) is 5.56 Å². The Morgan fingerprint density at radius 3 is 2.72 bits per heavy atom. The highest BCUT2D eigenvalue weighted by Gasteiger charge is 2.39. The normalized spacial score (nSPS) is 23.1. The van der Waals surface area contributed by atoms with Crippen molar-refractivity contribution in [3.05, 3.63) is 34.2 Å². The van der Waals surface area contributed by atoms with Gasteiger partial charge in [0.15, 0.2) is 0 Å². The summed E-state index contributed by atoms with van der Waals surface area (Å²) in [7, 11) is 0. The van der Waals surface area contributed by atoms with E-state index in [4.69, 9.17) is 5.11 Å². The first-order chi connectivity index (χ1) is 8.50. The van der Waals surface area contributed by atoms with E-state index in [9.17, 15) is 14.4 Å². The number of H-pyrrole nitrogens is 1. The molecule has 96 valence electrons. The molecule has 0 radical (unpaired) electrons. The van der Waals surface area contributed by atoms with Crippen molar-refractivity contribution in [1.29, 1.82) is 0 Å². The van der Waals surface area contributed by atoms with Crippen LogP contribution in [-0.2, 0) is 4.79 Å². The first-order valence-corrected chi connectivity index (χ1v) is 5.73. The fourth-order valence-electron chi connectivity index (χ4n) is 2.26. The van der Waals surface area contributed by atoms with Crippen molar-refractivity contribution >= 4 is 11.9 Å². The number of pyridine rings is 1. The number of aliphatic carboxylic acids is 1. The molecule has 1 fully saturated rings. The summed E-state index contributed by atoms with van der Waals surface area (Å²) < 4.78 is 0. The van der Waals surface area contributed by atoms with Crippen molar-refractivity contribution in [2.24, 2.45) is 5.92 Å². The zero-order valence-corrected chi connectivity index (χ0v) is 9.92. The van der Waals surface area contributed by atoms with Gasteiger partial charge in [-0.2, -0.15) is 0 Å². The third-order valence-corrected chi connectivity index (χ3v) is 3.25. The fourth-order valence-corrected chi connectivity index (χ4v) is 2.26. The average molecular weight is 250 g/mol. The number of hydrogen-bond donors (Lipinski definition) is 2. The van der Waals surface area contributed by atoms with Crippen LogP contribution in [0.15, 0.2) is 23.1 Å². The lowest BCUT2D eigenvalue weighted by Crippen LogP contribution is -2.42. The summed E-state index contributed by atoms with van der Waals surface area (Å²) in [4.78, 5) is 38.0. The number of carbonyl (C=O) groups excluding carboxylic acids is 1. The molecule has 2 N–H and O–H groups in total. The number of nitrogens with one attached hydrogen (secondary N) is 1. The molecule has 6 heteroatoms. The number of nitrogens with zero attached hydrogens (tertiary/aromatic N) is 1. The van der Waals surface area contributed by atoms with Gasteiger partial charge in [0.05, 0.1) is 5.56 Å². The maximum atomic E-state index is 12.2. The van der Waals surface area contributed by atoms with Crippen LogP contribution >= 0.6 is 0 Å². The number of carboxylic acids is 1. The zero-order valence-electron chi connectivity index (χ0n) is 9.92. The number of aromatic nitrogens is 1. The Morgan fingerprint density at radius 1 is 1.44 bits per heavy atom. The summed E-state index contributed by atoms with van der Waals surface area (Å²) in [6, 6.07) is 1.87. The van der Waals surface area contributed by atoms with Gasteiger partial charge < -0.3 is 15.0 Å². The van der Waals surface area contributed by atoms with E-state index in [0.29, 0.717) is 18.5 Å². The van der Waals surface area contributed by atoms with Crippen molar-refractivity contribution in [3.63, 3.8) is 0 Å². The lowest BCUT2D eigenvalue weighted by Gasteiger charge is -2.23. The summed E-state index contributed by atoms with van der Waals surface area (Å²) in [5, 5.41) is 9.14. The Balaban J connectivity index is 2.26. The van der Waals surface area contributed by atoms with Crippen molar-refractivity contribution in [3.8, 4) is 0 Å². The number of carboxylic acid groups (broad SMARTS) is 1. The Morgan fingerprint density at radius 2 is 2.17 bits per heavy atom. The molecule has 2 unspecified atom stereocenters. The van der Waals surface area contributed by atoms with E-state index in [1.807, 2.05) is 6.92 Å². The zero-order chi connectivity index (χ0) is 13.3. The van der Waals surface area contributed by atoms with Crippen LogP contribution in [0.25, 0.3) is 0 Å². The molecular weight excluding hydrogens is 236 g/mol. The second-order valence-corrected chi connectivity index (χ2v) is 4.49. The molecule has 0 aliphatic carbocycles. The number of likely N-dealkylation sites (tertiary alicyclic amines) is 1. The second kappa shape index (κ2) is 4.64. The minimum absolute atomic E-state index is 0.0609. The predicted molar refractivity (Wildman–Crippen MR) is 63.3 cm³/mol. The summed E-state index contributed by atoms with van der Waals surface area (Å²) in [5.74, 6) is -1.41. The van der Waals surface area contributed by atoms with Gasteiger partial charge in [0.1, 0.15) is 6.04 Å². The minimum Gasteiger partial charge on any atom is -0.480 e. The molecule has 18 heavy (non-hydrogen) atoms. The predicted octanol–water partition coefficient (Wildman–Crippen LogP) is 0.310. The Bertz CT molecular complexity index is 517. The number of carbonyl (C=O) groups is 2. The largest absolute Gasteiger partial charge is 0.480 e. The van der Waals surface area contributed by atoms with Crippen LogP contribution in [0.2, 0.25) is 0 Å². The van der Waals surface area contributed by atoms with E-state index in [1.54, 1.807) is 0 Å². The fraction of sp³-hybridized carbons (Fsp3) is 0.417. The first-order valence-electron chi connectivity index (χ1n) is 5.73. The van der Waals surface area contributed by atoms with Crippen LogP contribution in [0, 0.1) is 5.92 Å². The van der Waals surface area contributed by atoms with Gasteiger partial charge >= 0.3 is 5.97 Å². The number of rotatable bonds is 2. The van der Waals surface area contributed by atoms with Gasteiger partial charge in [-0.15, -0.1) is 0 Å². The molecule has 2 rings (SSSR count). The summed E-state index contributed by atoms with van der Waals surface area (Å²) in [5.41, 5.74) is 0.00562. The molecule has 2 heterocycles. The Hall–Kier alpha value is -2.11. The quantitative estimate of drug-likeness (QED) is 0.790. The topological polar surface area (TPSA) is 90.5 Å². The molecule has 1 amide bonds. The summed E-state index contributed by atoms with van der Waals surface area (Å²) in [6.45, 7) is 2.25. The molecule has 0 aromatic carbocycles. The standard InChI is InChI=1S/C12H14N2O4/c1-7-4-5-14(10(7)12(17)18)11(16)8-2-3-9(15)13-6-8/h2-3,6-7,10H,4-5H2,1H3,(H,13,15)(H,17,18). The monoisotopic (exact) mass is 250 g/mol. The highest BCUT2D eigenvalue weighted by Crippen LogP contribution is 2.25. The van der Waals surface area contributed by atoms with Gasteiger partial charge in [-0.1, -0.05) is 6.92 Å². The van der Waals surface area contributed by atoms with Gasteiger partial charge in [-0.3, -0.25) is 9.59 Å². The van der Waals surface area contributed by atoms with E-state index >= 15 is 0 Å². The molecule has 0 bridgehead atoms. The SMILES string of the molecule is CC1CCN(C(=O)c2ccc(=O)[nH]c2)C1C(=O)O. The molecular formula is C12H14N2O4. The lowest BCUT2D eigenvalue weighted by atomic mass is 10.0. The maximum absolute atomic E-state index is 12.2. The molecule has 0 spiro atoms. The Labute approximate surface area is 103 Å². The smallest absolute Gasteiger partial charge is 0.326 e. The van der Waals surface area contributed by atoms with E-state index in [0.717, 1.165) is 0 Å². The average Bonchev–Trinajstić information content (AvgIpc) is 2.71. The number of aromatic amines is 1. The first kappa shape index (κ1) is 12.3. The van der Waals surface area contributed by atoms with Crippen LogP contribution < -0.4 is 5.56 Å². The van der Waals surface area contributed by atoms with Crippen molar-refractivity contribution in [2.75, 3.05) is 6.54 Å². The van der Waals surface area contributed by atoms with E-state index in [-0.39, 0.29) is 17.4 Å². The van der Waals surface area contributed by atoms with Gasteiger partial charge in [-0.05, 0) is 18.4 Å². The third kappa shape index (κ3) is 2.13. The molecule has 1 aromatic heterocycles. The molecule has 6 nitrogen and oxygen atoms in total. The number of hydrogen-bond acceptors (Lipinski definition) is 3. The van der Waals surface area contributed by atoms with E-state index in [2.05, 4.69) is 4.98 Å². The third-order valence-electron chi connectivity index (χ3n) is 3.25. The van der Waals surface area contributed by atoms with Gasteiger partial charge in [0.25, 0.3) is 5.91 Å². The molecule has 1 saturated heterocycles. The molecule has 1 aliphatic rings. The van der Waals surface area contributed by atoms with Gasteiger partial charge in [-0.25, -0.2) is 4.79 Å². The molecule has 1 aromatic rings. The summed E-state index contributed by atoms with van der Waals surface area (Å²) >= 11 is 0. The van der Waals surface area contributed by atoms with Crippen LogP contribution in [-0.4, -0.2) is 39.5 Å². The van der Waals surface area contributed by atoms with Crippen LogP contribution in [0.3, 0.4) is 0 Å². The van der Waals surface area contributed by atoms with Crippen molar-refractivity contribution < 1.29 is 14.7 Å². The van der Waals surface area contributed by atoms with Gasteiger partial charge in [0, 0.05) is 18.8 Å². The minimum atomic E-state index is -0.988. The maximum Gasteiger partial charge on any atom is 0.326 e. The van der Waals surface area contributed by atoms with Crippen LogP contribution in [0.5, 0.6) is 0 Å². The van der Waals surface area contributed by atoms with Crippen molar-refractivity contribution in [1.82, 2.24) is 9.88 Å².